The van der Waals surface area contributed by atoms with Crippen LogP contribution in [0.4, 0.5) is 4.79 Å². The van der Waals surface area contributed by atoms with Crippen molar-refractivity contribution in [3.05, 3.63) is 48.2 Å². The Bertz CT molecular complexity index is 721. The first-order chi connectivity index (χ1) is 12.9. The fourth-order valence-corrected chi connectivity index (χ4v) is 2.82. The SMILES string of the molecule is CCCCN(CC(=O)N(Cc1ccco1)Cc1cccn1C)C(=O)N(C)C. The van der Waals surface area contributed by atoms with E-state index in [1.165, 1.54) is 4.90 Å². The standard InChI is InChI=1S/C20H30N4O3/c1-5-6-12-23(20(26)21(2)3)16-19(25)24(15-18-10-8-13-27-18)14-17-9-7-11-22(17)4/h7-11,13H,5-6,12,14-16H2,1-4H3. The molecule has 7 heteroatoms. The molecule has 27 heavy (non-hydrogen) atoms. The van der Waals surface area contributed by atoms with Gasteiger partial charge < -0.3 is 23.7 Å². The number of aryl methyl sites for hydroxylation is 1. The number of unbranched alkanes of at least 4 members (excludes halogenated alkanes) is 1. The summed E-state index contributed by atoms with van der Waals surface area (Å²) in [5, 5.41) is 0. The molecule has 0 aromatic carbocycles. The molecule has 0 atom stereocenters. The number of rotatable bonds is 9. The molecule has 0 unspecified atom stereocenters. The number of aromatic nitrogens is 1. The van der Waals surface area contributed by atoms with E-state index in [0.29, 0.717) is 19.6 Å². The smallest absolute Gasteiger partial charge is 0.319 e. The molecule has 2 aromatic rings. The van der Waals surface area contributed by atoms with Gasteiger partial charge in [-0.2, -0.15) is 0 Å². The van der Waals surface area contributed by atoms with E-state index in [1.54, 1.807) is 30.2 Å². The highest BCUT2D eigenvalue weighted by atomic mass is 16.3. The van der Waals surface area contributed by atoms with E-state index in [1.807, 2.05) is 42.1 Å². The predicted octanol–water partition coefficient (Wildman–Crippen LogP) is 2.93. The summed E-state index contributed by atoms with van der Waals surface area (Å²) < 4.78 is 7.42. The fraction of sp³-hybridized carbons (Fsp3) is 0.500. The van der Waals surface area contributed by atoms with E-state index >= 15 is 0 Å². The van der Waals surface area contributed by atoms with Crippen molar-refractivity contribution in [2.24, 2.45) is 7.05 Å². The number of carbonyl (C=O) groups is 2. The highest BCUT2D eigenvalue weighted by Crippen LogP contribution is 2.12. The summed E-state index contributed by atoms with van der Waals surface area (Å²) in [7, 11) is 5.36. The van der Waals surface area contributed by atoms with E-state index in [-0.39, 0.29) is 18.5 Å². The minimum Gasteiger partial charge on any atom is -0.467 e. The van der Waals surface area contributed by atoms with Crippen LogP contribution in [-0.4, -0.2) is 58.4 Å². The Labute approximate surface area is 161 Å². The van der Waals surface area contributed by atoms with Crippen molar-refractivity contribution in [1.82, 2.24) is 19.3 Å². The molecular weight excluding hydrogens is 344 g/mol. The van der Waals surface area contributed by atoms with Crippen molar-refractivity contribution in [3.8, 4) is 0 Å². The third-order valence-electron chi connectivity index (χ3n) is 4.44. The van der Waals surface area contributed by atoms with Crippen molar-refractivity contribution < 1.29 is 14.0 Å². The molecule has 0 aliphatic carbocycles. The zero-order valence-corrected chi connectivity index (χ0v) is 16.7. The summed E-state index contributed by atoms with van der Waals surface area (Å²) in [4.78, 5) is 30.4. The van der Waals surface area contributed by atoms with E-state index in [2.05, 4.69) is 6.92 Å². The second-order valence-corrected chi connectivity index (χ2v) is 6.89. The number of urea groups is 1. The molecule has 2 rings (SSSR count). The van der Waals surface area contributed by atoms with Crippen LogP contribution in [0.1, 0.15) is 31.2 Å². The summed E-state index contributed by atoms with van der Waals surface area (Å²) in [6, 6.07) is 7.46. The normalized spacial score (nSPS) is 10.7. The van der Waals surface area contributed by atoms with E-state index < -0.39 is 0 Å². The Kier molecular flexibility index (Phi) is 7.52. The molecule has 2 heterocycles. The molecular formula is C20H30N4O3. The lowest BCUT2D eigenvalue weighted by Crippen LogP contribution is -2.46. The maximum atomic E-state index is 13.1. The second-order valence-electron chi connectivity index (χ2n) is 6.89. The molecule has 0 aliphatic heterocycles. The highest BCUT2D eigenvalue weighted by Gasteiger charge is 2.23. The number of hydrogen-bond donors (Lipinski definition) is 0. The average molecular weight is 374 g/mol. The first kappa shape index (κ1) is 20.6. The molecule has 0 radical (unpaired) electrons. The number of amides is 3. The van der Waals surface area contributed by atoms with Crippen LogP contribution in [0.25, 0.3) is 0 Å². The molecule has 2 aromatic heterocycles. The summed E-state index contributed by atoms with van der Waals surface area (Å²) >= 11 is 0. The number of furan rings is 1. The quantitative estimate of drug-likeness (QED) is 0.678. The third-order valence-corrected chi connectivity index (χ3v) is 4.44. The average Bonchev–Trinajstić information content (AvgIpc) is 3.29. The molecule has 0 spiro atoms. The maximum Gasteiger partial charge on any atom is 0.319 e. The fourth-order valence-electron chi connectivity index (χ4n) is 2.82. The topological polar surface area (TPSA) is 61.9 Å². The van der Waals surface area contributed by atoms with Gasteiger partial charge in [0.1, 0.15) is 12.3 Å². The first-order valence-electron chi connectivity index (χ1n) is 9.29. The van der Waals surface area contributed by atoms with Crippen LogP contribution in [-0.2, 0) is 24.9 Å². The lowest BCUT2D eigenvalue weighted by Gasteiger charge is -2.29. The van der Waals surface area contributed by atoms with Crippen LogP contribution >= 0.6 is 0 Å². The Hall–Kier alpha value is -2.70. The zero-order valence-electron chi connectivity index (χ0n) is 16.7. The van der Waals surface area contributed by atoms with Gasteiger partial charge in [0.25, 0.3) is 0 Å². The van der Waals surface area contributed by atoms with Crippen molar-refractivity contribution in [2.45, 2.75) is 32.9 Å². The van der Waals surface area contributed by atoms with Crippen LogP contribution in [0.3, 0.4) is 0 Å². The van der Waals surface area contributed by atoms with Gasteiger partial charge in [-0.1, -0.05) is 13.3 Å². The highest BCUT2D eigenvalue weighted by molar-refractivity contribution is 5.84. The maximum absolute atomic E-state index is 13.1. The summed E-state index contributed by atoms with van der Waals surface area (Å²) in [6.45, 7) is 3.52. The van der Waals surface area contributed by atoms with Crippen LogP contribution in [0.15, 0.2) is 41.1 Å². The largest absolute Gasteiger partial charge is 0.467 e. The lowest BCUT2D eigenvalue weighted by molar-refractivity contribution is -0.133. The number of nitrogens with zero attached hydrogens (tertiary/aromatic N) is 4. The van der Waals surface area contributed by atoms with Gasteiger partial charge in [-0.05, 0) is 30.7 Å². The van der Waals surface area contributed by atoms with E-state index in [4.69, 9.17) is 4.42 Å². The zero-order chi connectivity index (χ0) is 19.8. The molecule has 0 saturated heterocycles. The van der Waals surface area contributed by atoms with Gasteiger partial charge in [0.05, 0.1) is 19.4 Å². The lowest BCUT2D eigenvalue weighted by atomic mass is 10.3. The summed E-state index contributed by atoms with van der Waals surface area (Å²) in [5.74, 6) is 0.621. The minimum atomic E-state index is -0.145. The predicted molar refractivity (Wildman–Crippen MR) is 104 cm³/mol. The molecule has 0 saturated carbocycles. The van der Waals surface area contributed by atoms with Gasteiger partial charge in [-0.3, -0.25) is 4.79 Å². The van der Waals surface area contributed by atoms with Gasteiger partial charge >= 0.3 is 6.03 Å². The van der Waals surface area contributed by atoms with Crippen molar-refractivity contribution in [3.63, 3.8) is 0 Å². The van der Waals surface area contributed by atoms with E-state index in [9.17, 15) is 9.59 Å². The van der Waals surface area contributed by atoms with Gasteiger partial charge in [0.2, 0.25) is 5.91 Å². The van der Waals surface area contributed by atoms with Gasteiger partial charge in [0, 0.05) is 39.6 Å². The Balaban J connectivity index is 2.14. The number of hydrogen-bond acceptors (Lipinski definition) is 3. The molecule has 0 aliphatic rings. The van der Waals surface area contributed by atoms with Crippen molar-refractivity contribution in [1.29, 1.82) is 0 Å². The monoisotopic (exact) mass is 374 g/mol. The Morgan fingerprint density at radius 3 is 2.44 bits per heavy atom. The van der Waals surface area contributed by atoms with Crippen LogP contribution in [0.5, 0.6) is 0 Å². The minimum absolute atomic E-state index is 0.0577. The molecule has 0 bridgehead atoms. The van der Waals surface area contributed by atoms with Gasteiger partial charge in [-0.25, -0.2) is 4.79 Å². The molecule has 7 nitrogen and oxygen atoms in total. The molecule has 0 fully saturated rings. The van der Waals surface area contributed by atoms with Crippen molar-refractivity contribution >= 4 is 11.9 Å². The van der Waals surface area contributed by atoms with Gasteiger partial charge in [0.15, 0.2) is 0 Å². The number of carbonyl (C=O) groups excluding carboxylic acids is 2. The van der Waals surface area contributed by atoms with Crippen molar-refractivity contribution in [2.75, 3.05) is 27.2 Å². The molecule has 148 valence electrons. The first-order valence-corrected chi connectivity index (χ1v) is 9.29. The van der Waals surface area contributed by atoms with Crippen LogP contribution in [0.2, 0.25) is 0 Å². The van der Waals surface area contributed by atoms with E-state index in [0.717, 1.165) is 24.3 Å². The molecule has 0 N–H and O–H groups in total. The second kappa shape index (κ2) is 9.85. The van der Waals surface area contributed by atoms with Crippen LogP contribution in [0, 0.1) is 0 Å². The Morgan fingerprint density at radius 2 is 1.89 bits per heavy atom. The summed E-state index contributed by atoms with van der Waals surface area (Å²) in [5.41, 5.74) is 1.02. The van der Waals surface area contributed by atoms with Gasteiger partial charge in [-0.15, -0.1) is 0 Å². The third kappa shape index (κ3) is 5.91. The molecule has 3 amide bonds. The summed E-state index contributed by atoms with van der Waals surface area (Å²) in [6.07, 6.45) is 5.38. The van der Waals surface area contributed by atoms with Crippen LogP contribution < -0.4 is 0 Å². The Morgan fingerprint density at radius 1 is 1.11 bits per heavy atom.